The van der Waals surface area contributed by atoms with Crippen molar-refractivity contribution in [3.8, 4) is 0 Å². The van der Waals surface area contributed by atoms with Crippen LogP contribution >= 0.6 is 23.2 Å². The third kappa shape index (κ3) is 3.55. The lowest BCUT2D eigenvalue weighted by Gasteiger charge is -2.17. The quantitative estimate of drug-likeness (QED) is 0.654. The maximum atomic E-state index is 13.9. The highest BCUT2D eigenvalue weighted by Crippen LogP contribution is 2.24. The summed E-state index contributed by atoms with van der Waals surface area (Å²) >= 11 is 12.3. The number of rotatable bonds is 5. The molecule has 1 unspecified atom stereocenters. The Labute approximate surface area is 133 Å². The Morgan fingerprint density at radius 1 is 1.38 bits per heavy atom. The number of hydrogen-bond donors (Lipinski definition) is 2. The highest BCUT2D eigenvalue weighted by molar-refractivity contribution is 6.32. The molecule has 0 spiro atoms. The van der Waals surface area contributed by atoms with Crippen molar-refractivity contribution in [1.82, 2.24) is 15.2 Å². The van der Waals surface area contributed by atoms with Crippen LogP contribution in [0.2, 0.25) is 10.0 Å². The fourth-order valence-corrected chi connectivity index (χ4v) is 2.78. The second-order valence-electron chi connectivity index (χ2n) is 4.94. The molecule has 0 aliphatic heterocycles. The van der Waals surface area contributed by atoms with Gasteiger partial charge in [-0.2, -0.15) is 5.10 Å². The number of aromatic nitrogens is 2. The number of hydrazine groups is 1. The molecule has 0 aliphatic rings. The van der Waals surface area contributed by atoms with E-state index in [0.29, 0.717) is 28.5 Å². The van der Waals surface area contributed by atoms with Gasteiger partial charge in [-0.3, -0.25) is 16.0 Å². The molecule has 4 nitrogen and oxygen atoms in total. The summed E-state index contributed by atoms with van der Waals surface area (Å²) < 4.78 is 15.6. The molecule has 1 heterocycles. The molecule has 7 heteroatoms. The molecule has 0 saturated carbocycles. The maximum absolute atomic E-state index is 13.9. The van der Waals surface area contributed by atoms with Crippen LogP contribution in [-0.4, -0.2) is 15.8 Å². The third-order valence-electron chi connectivity index (χ3n) is 3.45. The van der Waals surface area contributed by atoms with E-state index >= 15 is 0 Å². The van der Waals surface area contributed by atoms with Crippen molar-refractivity contribution in [2.45, 2.75) is 25.8 Å². The first-order valence-corrected chi connectivity index (χ1v) is 7.26. The number of aryl methyl sites for hydroxylation is 2. The van der Waals surface area contributed by atoms with Gasteiger partial charge in [-0.1, -0.05) is 29.3 Å². The molecule has 3 N–H and O–H groups in total. The van der Waals surface area contributed by atoms with Crippen molar-refractivity contribution in [3.05, 3.63) is 51.0 Å². The minimum Gasteiger partial charge on any atom is -0.271 e. The van der Waals surface area contributed by atoms with Gasteiger partial charge in [0.25, 0.3) is 0 Å². The molecule has 21 heavy (non-hydrogen) atoms. The average Bonchev–Trinajstić information content (AvgIpc) is 2.67. The van der Waals surface area contributed by atoms with E-state index in [-0.39, 0.29) is 11.9 Å². The van der Waals surface area contributed by atoms with Gasteiger partial charge in [-0.05, 0) is 25.5 Å². The number of benzene rings is 1. The zero-order valence-corrected chi connectivity index (χ0v) is 13.3. The van der Waals surface area contributed by atoms with E-state index in [9.17, 15) is 4.39 Å². The lowest BCUT2D eigenvalue weighted by atomic mass is 10.0. The van der Waals surface area contributed by atoms with Crippen molar-refractivity contribution in [2.75, 3.05) is 0 Å². The molecule has 2 rings (SSSR count). The van der Waals surface area contributed by atoms with Crippen molar-refractivity contribution in [2.24, 2.45) is 12.9 Å². The van der Waals surface area contributed by atoms with Crippen LogP contribution in [-0.2, 0) is 19.9 Å². The highest BCUT2D eigenvalue weighted by atomic mass is 35.5. The van der Waals surface area contributed by atoms with Gasteiger partial charge < -0.3 is 0 Å². The monoisotopic (exact) mass is 330 g/mol. The Balaban J connectivity index is 2.21. The molecule has 0 bridgehead atoms. The van der Waals surface area contributed by atoms with E-state index < -0.39 is 0 Å². The first-order valence-electron chi connectivity index (χ1n) is 6.51. The Hall–Kier alpha value is -1.14. The van der Waals surface area contributed by atoms with Crippen LogP contribution in [0.3, 0.4) is 0 Å². The Bertz CT molecular complexity index is 622. The molecular weight excluding hydrogens is 314 g/mol. The Morgan fingerprint density at radius 3 is 2.62 bits per heavy atom. The molecule has 1 aromatic heterocycles. The summed E-state index contributed by atoms with van der Waals surface area (Å²) in [5.41, 5.74) is 4.74. The highest BCUT2D eigenvalue weighted by Gasteiger charge is 2.19. The van der Waals surface area contributed by atoms with Gasteiger partial charge in [-0.25, -0.2) is 4.39 Å². The zero-order chi connectivity index (χ0) is 15.6. The standard InChI is InChI=1S/C14H17Cl2FN4/c1-8-14(16)13(21(2)20-8)7-9(19-18)6-10-11(15)4-3-5-12(10)17/h3-5,9,19H,6-7,18H2,1-2H3. The van der Waals surface area contributed by atoms with Crippen molar-refractivity contribution in [1.29, 1.82) is 0 Å². The van der Waals surface area contributed by atoms with E-state index in [1.54, 1.807) is 16.8 Å². The fraction of sp³-hybridized carbons (Fsp3) is 0.357. The zero-order valence-electron chi connectivity index (χ0n) is 11.8. The minimum atomic E-state index is -0.338. The second kappa shape index (κ2) is 6.75. The summed E-state index contributed by atoms with van der Waals surface area (Å²) in [6.45, 7) is 1.84. The molecule has 0 saturated heterocycles. The Kier molecular flexibility index (Phi) is 5.22. The van der Waals surface area contributed by atoms with Gasteiger partial charge in [0.15, 0.2) is 0 Å². The number of nitrogens with two attached hydrogens (primary N) is 1. The first-order chi connectivity index (χ1) is 9.93. The number of hydrogen-bond acceptors (Lipinski definition) is 3. The summed E-state index contributed by atoms with van der Waals surface area (Å²) in [5, 5.41) is 5.26. The van der Waals surface area contributed by atoms with E-state index in [1.165, 1.54) is 6.07 Å². The van der Waals surface area contributed by atoms with Gasteiger partial charge in [0.05, 0.1) is 16.4 Å². The maximum Gasteiger partial charge on any atom is 0.127 e. The Morgan fingerprint density at radius 2 is 2.10 bits per heavy atom. The lowest BCUT2D eigenvalue weighted by molar-refractivity contribution is 0.493. The summed E-state index contributed by atoms with van der Waals surface area (Å²) in [6, 6.07) is 4.42. The smallest absolute Gasteiger partial charge is 0.127 e. The summed E-state index contributed by atoms with van der Waals surface area (Å²) in [4.78, 5) is 0. The number of nitrogens with zero attached hydrogens (tertiary/aromatic N) is 2. The topological polar surface area (TPSA) is 55.9 Å². The molecule has 0 aliphatic carbocycles. The van der Waals surface area contributed by atoms with Crippen molar-refractivity contribution >= 4 is 23.2 Å². The number of nitrogens with one attached hydrogen (secondary N) is 1. The average molecular weight is 331 g/mol. The molecule has 1 aromatic carbocycles. The minimum absolute atomic E-state index is 0.202. The van der Waals surface area contributed by atoms with Crippen LogP contribution in [0, 0.1) is 12.7 Å². The van der Waals surface area contributed by atoms with E-state index in [0.717, 1.165) is 11.4 Å². The molecule has 2 aromatic rings. The van der Waals surface area contributed by atoms with Crippen LogP contribution in [0.4, 0.5) is 4.39 Å². The van der Waals surface area contributed by atoms with Gasteiger partial charge in [0, 0.05) is 30.1 Å². The van der Waals surface area contributed by atoms with Gasteiger partial charge in [0.2, 0.25) is 0 Å². The molecule has 0 amide bonds. The molecule has 114 valence electrons. The largest absolute Gasteiger partial charge is 0.271 e. The van der Waals surface area contributed by atoms with Crippen molar-refractivity contribution < 1.29 is 4.39 Å². The van der Waals surface area contributed by atoms with Gasteiger partial charge in [0.1, 0.15) is 5.82 Å². The van der Waals surface area contributed by atoms with Crippen molar-refractivity contribution in [3.63, 3.8) is 0 Å². The van der Waals surface area contributed by atoms with Gasteiger partial charge >= 0.3 is 0 Å². The van der Waals surface area contributed by atoms with Crippen LogP contribution in [0.1, 0.15) is 17.0 Å². The fourth-order valence-electron chi connectivity index (χ4n) is 2.30. The molecular formula is C14H17Cl2FN4. The van der Waals surface area contributed by atoms with E-state index in [2.05, 4.69) is 10.5 Å². The van der Waals surface area contributed by atoms with E-state index in [4.69, 9.17) is 29.0 Å². The summed E-state index contributed by atoms with van der Waals surface area (Å²) in [6.07, 6.45) is 0.889. The normalized spacial score (nSPS) is 12.7. The predicted octanol–water partition coefficient (Wildman–Crippen LogP) is 2.79. The SMILES string of the molecule is Cc1nn(C)c(CC(Cc2c(F)cccc2Cl)NN)c1Cl. The van der Waals surface area contributed by atoms with Crippen LogP contribution in [0.25, 0.3) is 0 Å². The third-order valence-corrected chi connectivity index (χ3v) is 4.30. The number of halogens is 3. The predicted molar refractivity (Wildman–Crippen MR) is 82.9 cm³/mol. The summed E-state index contributed by atoms with van der Waals surface area (Å²) in [7, 11) is 1.82. The second-order valence-corrected chi connectivity index (χ2v) is 5.73. The lowest BCUT2D eigenvalue weighted by Crippen LogP contribution is -2.39. The molecule has 0 radical (unpaired) electrons. The molecule has 1 atom stereocenters. The van der Waals surface area contributed by atoms with Crippen LogP contribution < -0.4 is 11.3 Å². The molecule has 0 fully saturated rings. The summed E-state index contributed by atoms with van der Waals surface area (Å²) in [5.74, 6) is 5.25. The van der Waals surface area contributed by atoms with Crippen LogP contribution in [0.15, 0.2) is 18.2 Å². The van der Waals surface area contributed by atoms with Crippen LogP contribution in [0.5, 0.6) is 0 Å². The first kappa shape index (κ1) is 16.2. The van der Waals surface area contributed by atoms with E-state index in [1.807, 2.05) is 14.0 Å². The van der Waals surface area contributed by atoms with Gasteiger partial charge in [-0.15, -0.1) is 0 Å².